The van der Waals surface area contributed by atoms with Gasteiger partial charge in [-0.3, -0.25) is 14.6 Å². The van der Waals surface area contributed by atoms with Crippen molar-refractivity contribution in [1.82, 2.24) is 9.88 Å². The highest BCUT2D eigenvalue weighted by molar-refractivity contribution is 5.98. The summed E-state index contributed by atoms with van der Waals surface area (Å²) >= 11 is 0. The van der Waals surface area contributed by atoms with Crippen LogP contribution < -0.4 is 10.6 Å². The molecule has 0 spiro atoms. The van der Waals surface area contributed by atoms with Crippen LogP contribution in [0.5, 0.6) is 0 Å². The first-order valence-corrected chi connectivity index (χ1v) is 7.68. The van der Waals surface area contributed by atoms with Gasteiger partial charge in [0.15, 0.2) is 0 Å². The molecule has 1 atom stereocenters. The van der Waals surface area contributed by atoms with Crippen LogP contribution in [0.3, 0.4) is 0 Å². The Labute approximate surface area is 136 Å². The van der Waals surface area contributed by atoms with E-state index in [9.17, 15) is 9.59 Å². The van der Waals surface area contributed by atoms with Gasteiger partial charge in [0.25, 0.3) is 5.91 Å². The fraction of sp³-hybridized carbons (Fsp3) is 0.562. The van der Waals surface area contributed by atoms with Crippen molar-refractivity contribution in [2.45, 2.75) is 45.3 Å². The molecule has 23 heavy (non-hydrogen) atoms. The lowest BCUT2D eigenvalue weighted by atomic mass is 10.0. The smallest absolute Gasteiger partial charge is 0.410 e. The Kier molecular flexibility index (Phi) is 4.77. The van der Waals surface area contributed by atoms with Gasteiger partial charge in [-0.1, -0.05) is 0 Å². The fourth-order valence-electron chi connectivity index (χ4n) is 2.46. The van der Waals surface area contributed by atoms with E-state index in [4.69, 9.17) is 10.5 Å². The summed E-state index contributed by atoms with van der Waals surface area (Å²) in [5, 5.41) is 0. The quantitative estimate of drug-likeness (QED) is 0.900. The fourth-order valence-corrected chi connectivity index (χ4v) is 2.46. The van der Waals surface area contributed by atoms with Crippen LogP contribution >= 0.6 is 0 Å². The van der Waals surface area contributed by atoms with E-state index in [0.29, 0.717) is 24.5 Å². The summed E-state index contributed by atoms with van der Waals surface area (Å²) < 4.78 is 5.34. The second-order valence-corrected chi connectivity index (χ2v) is 6.69. The minimum absolute atomic E-state index is 0.151. The number of anilines is 2. The molecule has 1 aromatic heterocycles. The van der Waals surface area contributed by atoms with Crippen LogP contribution in [-0.2, 0) is 9.53 Å². The van der Waals surface area contributed by atoms with Gasteiger partial charge in [0.2, 0.25) is 0 Å². The van der Waals surface area contributed by atoms with Crippen molar-refractivity contribution in [2.24, 2.45) is 0 Å². The van der Waals surface area contributed by atoms with E-state index in [2.05, 4.69) is 4.98 Å². The average molecular weight is 320 g/mol. The average Bonchev–Trinajstić information content (AvgIpc) is 2.46. The first kappa shape index (κ1) is 17.1. The molecule has 7 heteroatoms. The van der Waals surface area contributed by atoms with Gasteiger partial charge in [0, 0.05) is 13.6 Å². The number of hydrogen-bond acceptors (Lipinski definition) is 5. The Hall–Kier alpha value is -2.31. The van der Waals surface area contributed by atoms with E-state index in [0.717, 1.165) is 6.42 Å². The minimum atomic E-state index is -0.596. The molecule has 0 aromatic carbocycles. The summed E-state index contributed by atoms with van der Waals surface area (Å²) in [6.45, 7) is 5.97. The van der Waals surface area contributed by atoms with Gasteiger partial charge < -0.3 is 10.5 Å². The van der Waals surface area contributed by atoms with Gasteiger partial charge in [-0.25, -0.2) is 9.78 Å². The van der Waals surface area contributed by atoms with E-state index in [1.165, 1.54) is 11.1 Å². The number of piperidine rings is 1. The van der Waals surface area contributed by atoms with Crippen LogP contribution in [-0.4, -0.2) is 47.1 Å². The van der Waals surface area contributed by atoms with E-state index in [1.54, 1.807) is 44.9 Å². The molecule has 2 N–H and O–H groups in total. The number of likely N-dealkylation sites (N-methyl/N-ethyl adjacent to an activating group) is 1. The predicted molar refractivity (Wildman–Crippen MR) is 88.0 cm³/mol. The number of nitrogen functional groups attached to an aromatic ring is 1. The number of ether oxygens (including phenoxy) is 1. The maximum atomic E-state index is 12.7. The first-order chi connectivity index (χ1) is 10.7. The molecule has 2 amide bonds. The second kappa shape index (κ2) is 6.44. The SMILES string of the molecule is CN(C(=O)OC(C)(C)C)C1CCCN(c2ccc(N)cn2)C1=O. The van der Waals surface area contributed by atoms with Gasteiger partial charge in [0.05, 0.1) is 11.9 Å². The number of hydrogen-bond donors (Lipinski definition) is 1. The predicted octanol–water partition coefficient (Wildman–Crippen LogP) is 2.03. The zero-order valence-corrected chi connectivity index (χ0v) is 14.1. The zero-order chi connectivity index (χ0) is 17.2. The molecule has 0 saturated carbocycles. The largest absolute Gasteiger partial charge is 0.444 e. The molecule has 1 fully saturated rings. The molecule has 1 aliphatic rings. The molecular weight excluding hydrogens is 296 g/mol. The molecule has 126 valence electrons. The van der Waals surface area contributed by atoms with Crippen molar-refractivity contribution >= 4 is 23.5 Å². The molecular formula is C16H24N4O3. The van der Waals surface area contributed by atoms with Crippen LogP contribution in [0.15, 0.2) is 18.3 Å². The summed E-state index contributed by atoms with van der Waals surface area (Å²) in [5.41, 5.74) is 5.58. The van der Waals surface area contributed by atoms with Crippen molar-refractivity contribution in [3.05, 3.63) is 18.3 Å². The van der Waals surface area contributed by atoms with Gasteiger partial charge in [-0.2, -0.15) is 0 Å². The summed E-state index contributed by atoms with van der Waals surface area (Å²) in [6.07, 6.45) is 2.42. The van der Waals surface area contributed by atoms with E-state index >= 15 is 0 Å². The molecule has 1 aromatic rings. The number of carbonyl (C=O) groups excluding carboxylic acids is 2. The molecule has 1 aliphatic heterocycles. The van der Waals surface area contributed by atoms with Crippen LogP contribution in [0, 0.1) is 0 Å². The lowest BCUT2D eigenvalue weighted by molar-refractivity contribution is -0.124. The minimum Gasteiger partial charge on any atom is -0.444 e. The van der Waals surface area contributed by atoms with Crippen LogP contribution in [0.4, 0.5) is 16.3 Å². The molecule has 2 heterocycles. The molecule has 0 bridgehead atoms. The standard InChI is InChI=1S/C16H24N4O3/c1-16(2,3)23-15(22)19(4)12-6-5-9-20(14(12)21)13-8-7-11(17)10-18-13/h7-8,10,12H,5-6,9,17H2,1-4H3. The van der Waals surface area contributed by atoms with Crippen molar-refractivity contribution in [3.8, 4) is 0 Å². The Morgan fingerprint density at radius 1 is 1.43 bits per heavy atom. The highest BCUT2D eigenvalue weighted by atomic mass is 16.6. The highest BCUT2D eigenvalue weighted by Crippen LogP contribution is 2.23. The topological polar surface area (TPSA) is 88.8 Å². The van der Waals surface area contributed by atoms with Gasteiger partial charge in [0.1, 0.15) is 17.5 Å². The highest BCUT2D eigenvalue weighted by Gasteiger charge is 2.36. The summed E-state index contributed by atoms with van der Waals surface area (Å²) in [5.74, 6) is 0.397. The monoisotopic (exact) mass is 320 g/mol. The zero-order valence-electron chi connectivity index (χ0n) is 14.1. The van der Waals surface area contributed by atoms with Crippen molar-refractivity contribution in [1.29, 1.82) is 0 Å². The maximum absolute atomic E-state index is 12.7. The third-order valence-corrected chi connectivity index (χ3v) is 3.61. The lowest BCUT2D eigenvalue weighted by Gasteiger charge is -2.36. The number of aromatic nitrogens is 1. The Morgan fingerprint density at radius 2 is 2.13 bits per heavy atom. The first-order valence-electron chi connectivity index (χ1n) is 7.68. The summed E-state index contributed by atoms with van der Waals surface area (Å²) in [4.78, 5) is 32.1. The molecule has 1 unspecified atom stereocenters. The molecule has 0 radical (unpaired) electrons. The number of nitrogens with zero attached hydrogens (tertiary/aromatic N) is 3. The van der Waals surface area contributed by atoms with Gasteiger partial charge >= 0.3 is 6.09 Å². The number of pyridine rings is 1. The van der Waals surface area contributed by atoms with E-state index in [1.807, 2.05) is 0 Å². The van der Waals surface area contributed by atoms with Crippen molar-refractivity contribution in [3.63, 3.8) is 0 Å². The van der Waals surface area contributed by atoms with Crippen LogP contribution in [0.2, 0.25) is 0 Å². The van der Waals surface area contributed by atoms with E-state index < -0.39 is 17.7 Å². The second-order valence-electron chi connectivity index (χ2n) is 6.69. The third-order valence-electron chi connectivity index (χ3n) is 3.61. The van der Waals surface area contributed by atoms with Crippen molar-refractivity contribution < 1.29 is 14.3 Å². The van der Waals surface area contributed by atoms with Crippen molar-refractivity contribution in [2.75, 3.05) is 24.2 Å². The Morgan fingerprint density at radius 3 is 2.70 bits per heavy atom. The lowest BCUT2D eigenvalue weighted by Crippen LogP contribution is -2.54. The van der Waals surface area contributed by atoms with Gasteiger partial charge in [-0.05, 0) is 45.7 Å². The summed E-state index contributed by atoms with van der Waals surface area (Å²) in [7, 11) is 1.59. The summed E-state index contributed by atoms with van der Waals surface area (Å²) in [6, 6.07) is 2.87. The Balaban J connectivity index is 2.13. The van der Waals surface area contributed by atoms with Crippen LogP contribution in [0.25, 0.3) is 0 Å². The number of nitrogens with two attached hydrogens (primary N) is 1. The van der Waals surface area contributed by atoms with E-state index in [-0.39, 0.29) is 5.91 Å². The normalized spacial score (nSPS) is 18.7. The third kappa shape index (κ3) is 4.12. The molecule has 1 saturated heterocycles. The number of rotatable bonds is 2. The molecule has 0 aliphatic carbocycles. The van der Waals surface area contributed by atoms with Gasteiger partial charge in [-0.15, -0.1) is 0 Å². The molecule has 2 rings (SSSR count). The number of amides is 2. The number of carbonyl (C=O) groups is 2. The Bertz CT molecular complexity index is 580. The maximum Gasteiger partial charge on any atom is 0.410 e. The molecule has 7 nitrogen and oxygen atoms in total. The van der Waals surface area contributed by atoms with Crippen LogP contribution in [0.1, 0.15) is 33.6 Å².